The molecule has 0 radical (unpaired) electrons. The third kappa shape index (κ3) is 3.23. The van der Waals surface area contributed by atoms with E-state index in [-0.39, 0.29) is 5.41 Å². The second-order valence-electron chi connectivity index (χ2n) is 5.78. The molecule has 0 aliphatic heterocycles. The highest BCUT2D eigenvalue weighted by Gasteiger charge is 2.13. The molecule has 2 aromatic rings. The Bertz CT molecular complexity index is 583. The van der Waals surface area contributed by atoms with Crippen LogP contribution in [0.3, 0.4) is 0 Å². The van der Waals surface area contributed by atoms with Crippen LogP contribution in [0.1, 0.15) is 26.3 Å². The van der Waals surface area contributed by atoms with E-state index in [4.69, 9.17) is 15.2 Å². The number of hydrogen-bond donors (Lipinski definition) is 1. The van der Waals surface area contributed by atoms with E-state index in [0.717, 1.165) is 11.5 Å². The van der Waals surface area contributed by atoms with E-state index in [1.807, 2.05) is 18.2 Å². The van der Waals surface area contributed by atoms with Gasteiger partial charge in [-0.3, -0.25) is 0 Å². The van der Waals surface area contributed by atoms with Crippen molar-refractivity contribution in [1.82, 2.24) is 0 Å². The Morgan fingerprint density at radius 2 is 1.50 bits per heavy atom. The van der Waals surface area contributed by atoms with Crippen molar-refractivity contribution in [1.29, 1.82) is 0 Å². The van der Waals surface area contributed by atoms with Gasteiger partial charge < -0.3 is 15.2 Å². The highest BCUT2D eigenvalue weighted by molar-refractivity contribution is 5.57. The van der Waals surface area contributed by atoms with Gasteiger partial charge in [-0.25, -0.2) is 0 Å². The van der Waals surface area contributed by atoms with Gasteiger partial charge in [0, 0.05) is 6.07 Å². The number of anilines is 1. The van der Waals surface area contributed by atoms with Gasteiger partial charge in [0.25, 0.3) is 0 Å². The molecule has 0 spiro atoms. The molecular weight excluding hydrogens is 250 g/mol. The van der Waals surface area contributed by atoms with Crippen LogP contribution in [-0.2, 0) is 5.41 Å². The first-order valence-corrected chi connectivity index (χ1v) is 6.62. The second kappa shape index (κ2) is 5.45. The lowest BCUT2D eigenvalue weighted by molar-refractivity contribution is 0.409. The summed E-state index contributed by atoms with van der Waals surface area (Å²) < 4.78 is 11.0. The summed E-state index contributed by atoms with van der Waals surface area (Å²) in [6.45, 7) is 6.55. The number of nitrogen functional groups attached to an aromatic ring is 1. The predicted molar refractivity (Wildman–Crippen MR) is 82.6 cm³/mol. The fraction of sp³-hybridized carbons (Fsp3) is 0.294. The van der Waals surface area contributed by atoms with E-state index in [1.54, 1.807) is 19.2 Å². The Labute approximate surface area is 120 Å². The van der Waals surface area contributed by atoms with Crippen molar-refractivity contribution in [2.24, 2.45) is 0 Å². The maximum absolute atomic E-state index is 5.91. The zero-order chi connectivity index (χ0) is 14.8. The third-order valence-electron chi connectivity index (χ3n) is 3.17. The Kier molecular flexibility index (Phi) is 3.89. The summed E-state index contributed by atoms with van der Waals surface area (Å²) in [6.07, 6.45) is 0. The Morgan fingerprint density at radius 3 is 2.05 bits per heavy atom. The van der Waals surface area contributed by atoms with Crippen molar-refractivity contribution >= 4 is 5.69 Å². The van der Waals surface area contributed by atoms with E-state index >= 15 is 0 Å². The molecule has 0 amide bonds. The first-order valence-electron chi connectivity index (χ1n) is 6.62. The SMILES string of the molecule is COc1ccc(N)c(Oc2ccc(C(C)(C)C)cc2)c1. The smallest absolute Gasteiger partial charge is 0.153 e. The molecule has 0 saturated heterocycles. The Balaban J connectivity index is 2.22. The van der Waals surface area contributed by atoms with Crippen molar-refractivity contribution in [3.63, 3.8) is 0 Å². The lowest BCUT2D eigenvalue weighted by Crippen LogP contribution is -2.10. The van der Waals surface area contributed by atoms with E-state index in [1.165, 1.54) is 5.56 Å². The molecule has 0 atom stereocenters. The third-order valence-corrected chi connectivity index (χ3v) is 3.17. The highest BCUT2D eigenvalue weighted by atomic mass is 16.5. The number of ether oxygens (including phenoxy) is 2. The molecule has 0 aliphatic rings. The Morgan fingerprint density at radius 1 is 0.900 bits per heavy atom. The van der Waals surface area contributed by atoms with Crippen molar-refractivity contribution in [3.05, 3.63) is 48.0 Å². The highest BCUT2D eigenvalue weighted by Crippen LogP contribution is 2.32. The van der Waals surface area contributed by atoms with Crippen LogP contribution < -0.4 is 15.2 Å². The molecule has 0 fully saturated rings. The fourth-order valence-electron chi connectivity index (χ4n) is 1.88. The quantitative estimate of drug-likeness (QED) is 0.843. The van der Waals surface area contributed by atoms with Gasteiger partial charge in [0.05, 0.1) is 12.8 Å². The summed E-state index contributed by atoms with van der Waals surface area (Å²) in [5.74, 6) is 2.09. The molecule has 2 rings (SSSR count). The molecule has 2 N–H and O–H groups in total. The molecular formula is C17H21NO2. The minimum Gasteiger partial charge on any atom is -0.497 e. The normalized spacial score (nSPS) is 11.2. The maximum atomic E-state index is 5.91. The molecule has 0 bridgehead atoms. The van der Waals surface area contributed by atoms with E-state index in [0.29, 0.717) is 11.4 Å². The van der Waals surface area contributed by atoms with Gasteiger partial charge in [-0.1, -0.05) is 32.9 Å². The van der Waals surface area contributed by atoms with Crippen LogP contribution in [0, 0.1) is 0 Å². The zero-order valence-electron chi connectivity index (χ0n) is 12.4. The van der Waals surface area contributed by atoms with Crippen molar-refractivity contribution in [2.45, 2.75) is 26.2 Å². The largest absolute Gasteiger partial charge is 0.497 e. The van der Waals surface area contributed by atoms with Gasteiger partial charge in [0.2, 0.25) is 0 Å². The Hall–Kier alpha value is -2.16. The molecule has 3 nitrogen and oxygen atoms in total. The molecule has 0 unspecified atom stereocenters. The van der Waals surface area contributed by atoms with E-state index in [9.17, 15) is 0 Å². The van der Waals surface area contributed by atoms with Crippen molar-refractivity contribution < 1.29 is 9.47 Å². The van der Waals surface area contributed by atoms with Crippen LogP contribution in [0.4, 0.5) is 5.69 Å². The fourth-order valence-corrected chi connectivity index (χ4v) is 1.88. The molecule has 2 aromatic carbocycles. The molecule has 3 heteroatoms. The molecule has 0 aliphatic carbocycles. The van der Waals surface area contributed by atoms with Crippen LogP contribution in [-0.4, -0.2) is 7.11 Å². The summed E-state index contributed by atoms with van der Waals surface area (Å²) >= 11 is 0. The van der Waals surface area contributed by atoms with Gasteiger partial charge in [0.1, 0.15) is 11.5 Å². The summed E-state index contributed by atoms with van der Waals surface area (Å²) in [7, 11) is 1.62. The van der Waals surface area contributed by atoms with Gasteiger partial charge in [-0.15, -0.1) is 0 Å². The summed E-state index contributed by atoms with van der Waals surface area (Å²) in [6, 6.07) is 13.4. The van der Waals surface area contributed by atoms with Crippen LogP contribution >= 0.6 is 0 Å². The minimum absolute atomic E-state index is 0.132. The average molecular weight is 271 g/mol. The zero-order valence-corrected chi connectivity index (χ0v) is 12.4. The number of rotatable bonds is 3. The lowest BCUT2D eigenvalue weighted by Gasteiger charge is -2.19. The van der Waals surface area contributed by atoms with Gasteiger partial charge >= 0.3 is 0 Å². The molecule has 106 valence electrons. The van der Waals surface area contributed by atoms with Crippen molar-refractivity contribution in [2.75, 3.05) is 12.8 Å². The summed E-state index contributed by atoms with van der Waals surface area (Å²) in [5, 5.41) is 0. The molecule has 20 heavy (non-hydrogen) atoms. The predicted octanol–water partition coefficient (Wildman–Crippen LogP) is 4.37. The topological polar surface area (TPSA) is 44.5 Å². The van der Waals surface area contributed by atoms with Crippen LogP contribution in [0.5, 0.6) is 17.2 Å². The van der Waals surface area contributed by atoms with E-state index in [2.05, 4.69) is 32.9 Å². The van der Waals surface area contributed by atoms with E-state index < -0.39 is 0 Å². The molecule has 0 aromatic heterocycles. The average Bonchev–Trinajstić information content (AvgIpc) is 2.41. The molecule has 0 saturated carbocycles. The number of benzene rings is 2. The van der Waals surface area contributed by atoms with Gasteiger partial charge in [-0.2, -0.15) is 0 Å². The number of nitrogens with two attached hydrogens (primary N) is 1. The maximum Gasteiger partial charge on any atom is 0.153 e. The number of methoxy groups -OCH3 is 1. The second-order valence-corrected chi connectivity index (χ2v) is 5.78. The van der Waals surface area contributed by atoms with Crippen LogP contribution in [0.15, 0.2) is 42.5 Å². The monoisotopic (exact) mass is 271 g/mol. The van der Waals surface area contributed by atoms with Crippen LogP contribution in [0.25, 0.3) is 0 Å². The van der Waals surface area contributed by atoms with Crippen molar-refractivity contribution in [3.8, 4) is 17.2 Å². The first-order chi connectivity index (χ1) is 9.40. The minimum atomic E-state index is 0.132. The van der Waals surface area contributed by atoms with Gasteiger partial charge in [0.15, 0.2) is 5.75 Å². The van der Waals surface area contributed by atoms with Crippen LogP contribution in [0.2, 0.25) is 0 Å². The number of hydrogen-bond acceptors (Lipinski definition) is 3. The summed E-state index contributed by atoms with van der Waals surface area (Å²) in [5.41, 5.74) is 7.90. The summed E-state index contributed by atoms with van der Waals surface area (Å²) in [4.78, 5) is 0. The molecule has 0 heterocycles. The van der Waals surface area contributed by atoms with Gasteiger partial charge in [-0.05, 0) is 35.2 Å². The lowest BCUT2D eigenvalue weighted by atomic mass is 9.87. The first kappa shape index (κ1) is 14.3. The standard InChI is InChI=1S/C17H21NO2/c1-17(2,3)12-5-7-13(8-6-12)20-16-11-14(19-4)9-10-15(16)18/h5-11H,18H2,1-4H3.